The number of nitrogens with zero attached hydrogens (tertiary/aromatic N) is 1. The number of hydrogen-bond acceptors (Lipinski definition) is 1. The molecule has 0 N–H and O–H groups in total. The number of hydrogen-bond donors (Lipinski definition) is 0. The molecule has 1 aliphatic rings. The monoisotopic (exact) mass is 265 g/mol. The van der Waals surface area contributed by atoms with E-state index in [1.165, 1.54) is 22.5 Å². The average Bonchev–Trinajstić information content (AvgIpc) is 2.72. The summed E-state index contributed by atoms with van der Waals surface area (Å²) in [4.78, 5) is 2.48. The number of anilines is 2. The third kappa shape index (κ3) is 2.02. The molecule has 2 unspecified atom stereocenters. The Balaban J connectivity index is 2.02. The van der Waals surface area contributed by atoms with Crippen LogP contribution in [0.2, 0.25) is 0 Å². The minimum absolute atomic E-state index is 0.511. The van der Waals surface area contributed by atoms with Crippen LogP contribution >= 0.6 is 0 Å². The van der Waals surface area contributed by atoms with E-state index in [0.29, 0.717) is 17.9 Å². The third-order valence-electron chi connectivity index (χ3n) is 4.66. The normalized spacial score (nSPS) is 21.4. The molecule has 0 spiro atoms. The highest BCUT2D eigenvalue weighted by Gasteiger charge is 2.32. The Hall–Kier alpha value is -1.76. The van der Waals surface area contributed by atoms with Crippen LogP contribution in [0.3, 0.4) is 0 Å². The van der Waals surface area contributed by atoms with Crippen molar-refractivity contribution >= 4 is 11.4 Å². The number of rotatable bonds is 2. The van der Waals surface area contributed by atoms with Gasteiger partial charge in [-0.05, 0) is 42.2 Å². The van der Waals surface area contributed by atoms with Crippen LogP contribution in [0.5, 0.6) is 0 Å². The lowest BCUT2D eigenvalue weighted by molar-refractivity contribution is 0.642. The minimum atomic E-state index is 0.511. The lowest BCUT2D eigenvalue weighted by Crippen LogP contribution is -2.25. The lowest BCUT2D eigenvalue weighted by atomic mass is 9.98. The Bertz CT molecular complexity index is 597. The molecule has 1 heterocycles. The van der Waals surface area contributed by atoms with Crippen molar-refractivity contribution in [3.05, 3.63) is 59.7 Å². The maximum absolute atomic E-state index is 2.48. The van der Waals surface area contributed by atoms with E-state index in [2.05, 4.69) is 81.1 Å². The highest BCUT2D eigenvalue weighted by molar-refractivity contribution is 5.72. The second kappa shape index (κ2) is 4.97. The van der Waals surface area contributed by atoms with Crippen molar-refractivity contribution < 1.29 is 0 Å². The van der Waals surface area contributed by atoms with Crippen LogP contribution in [-0.4, -0.2) is 6.04 Å². The molecule has 104 valence electrons. The Morgan fingerprint density at radius 2 is 1.55 bits per heavy atom. The molecule has 0 bridgehead atoms. The topological polar surface area (TPSA) is 3.24 Å². The van der Waals surface area contributed by atoms with Crippen LogP contribution in [0, 0.1) is 0 Å². The zero-order valence-electron chi connectivity index (χ0n) is 12.8. The molecule has 0 saturated heterocycles. The molecular formula is C19H23N. The molecule has 0 fully saturated rings. The Morgan fingerprint density at radius 1 is 0.900 bits per heavy atom. The summed E-state index contributed by atoms with van der Waals surface area (Å²) in [6.07, 6.45) is 0. The predicted molar refractivity (Wildman–Crippen MR) is 87.0 cm³/mol. The number of benzene rings is 2. The zero-order valence-corrected chi connectivity index (χ0v) is 12.8. The quantitative estimate of drug-likeness (QED) is 0.697. The molecule has 1 aliphatic heterocycles. The van der Waals surface area contributed by atoms with Gasteiger partial charge in [-0.2, -0.15) is 0 Å². The molecule has 2 aromatic carbocycles. The minimum Gasteiger partial charge on any atom is -0.338 e. The summed E-state index contributed by atoms with van der Waals surface area (Å²) >= 11 is 0. The van der Waals surface area contributed by atoms with E-state index in [-0.39, 0.29) is 0 Å². The number of para-hydroxylation sites is 1. The van der Waals surface area contributed by atoms with Crippen molar-refractivity contribution in [3.8, 4) is 0 Å². The van der Waals surface area contributed by atoms with Gasteiger partial charge in [-0.15, -0.1) is 0 Å². The standard InChI is InChI=1S/C19H23N/c1-13(2)16-9-11-17(12-10-16)20-15(4)14(3)18-7-5-6-8-19(18)20/h5-15H,1-4H3. The molecule has 3 rings (SSSR count). The molecule has 0 aromatic heterocycles. The van der Waals surface area contributed by atoms with Gasteiger partial charge in [0.1, 0.15) is 0 Å². The summed E-state index contributed by atoms with van der Waals surface area (Å²) in [7, 11) is 0. The van der Waals surface area contributed by atoms with Gasteiger partial charge in [0.05, 0.1) is 0 Å². The molecule has 0 saturated carbocycles. The maximum atomic E-state index is 2.48. The van der Waals surface area contributed by atoms with E-state index < -0.39 is 0 Å². The fourth-order valence-electron chi connectivity index (χ4n) is 3.19. The van der Waals surface area contributed by atoms with Crippen LogP contribution in [0.15, 0.2) is 48.5 Å². The summed E-state index contributed by atoms with van der Waals surface area (Å²) in [6, 6.07) is 18.4. The highest BCUT2D eigenvalue weighted by atomic mass is 15.2. The fourth-order valence-corrected chi connectivity index (χ4v) is 3.19. The molecule has 0 radical (unpaired) electrons. The molecule has 20 heavy (non-hydrogen) atoms. The van der Waals surface area contributed by atoms with Crippen LogP contribution in [-0.2, 0) is 0 Å². The molecule has 1 nitrogen and oxygen atoms in total. The summed E-state index contributed by atoms with van der Waals surface area (Å²) in [5.41, 5.74) is 5.54. The first-order chi connectivity index (χ1) is 9.59. The van der Waals surface area contributed by atoms with Crippen molar-refractivity contribution in [1.29, 1.82) is 0 Å². The fraction of sp³-hybridized carbons (Fsp3) is 0.368. The Morgan fingerprint density at radius 3 is 2.20 bits per heavy atom. The molecule has 0 amide bonds. The van der Waals surface area contributed by atoms with Gasteiger partial charge in [-0.1, -0.05) is 51.1 Å². The van der Waals surface area contributed by atoms with Crippen molar-refractivity contribution in [2.75, 3.05) is 4.90 Å². The van der Waals surface area contributed by atoms with Gasteiger partial charge in [-0.3, -0.25) is 0 Å². The molecule has 0 aliphatic carbocycles. The molecule has 2 aromatic rings. The Labute approximate surface area is 122 Å². The first-order valence-corrected chi connectivity index (χ1v) is 7.57. The van der Waals surface area contributed by atoms with Gasteiger partial charge in [0.15, 0.2) is 0 Å². The van der Waals surface area contributed by atoms with Crippen molar-refractivity contribution in [3.63, 3.8) is 0 Å². The SMILES string of the molecule is CC(C)c1ccc(N2c3ccccc3C(C)C2C)cc1. The van der Waals surface area contributed by atoms with E-state index in [4.69, 9.17) is 0 Å². The maximum Gasteiger partial charge on any atom is 0.0449 e. The first kappa shape index (κ1) is 13.2. The summed E-state index contributed by atoms with van der Waals surface area (Å²) < 4.78 is 0. The van der Waals surface area contributed by atoms with Gasteiger partial charge in [0.25, 0.3) is 0 Å². The second-order valence-corrected chi connectivity index (χ2v) is 6.20. The van der Waals surface area contributed by atoms with Crippen molar-refractivity contribution in [1.82, 2.24) is 0 Å². The van der Waals surface area contributed by atoms with E-state index in [1.807, 2.05) is 0 Å². The smallest absolute Gasteiger partial charge is 0.0449 e. The van der Waals surface area contributed by atoms with Gasteiger partial charge in [-0.25, -0.2) is 0 Å². The molecule has 1 heteroatoms. The Kier molecular flexibility index (Phi) is 3.29. The summed E-state index contributed by atoms with van der Waals surface area (Å²) in [5, 5.41) is 0. The van der Waals surface area contributed by atoms with E-state index >= 15 is 0 Å². The summed E-state index contributed by atoms with van der Waals surface area (Å²) in [6.45, 7) is 9.13. The van der Waals surface area contributed by atoms with Crippen LogP contribution in [0.1, 0.15) is 50.7 Å². The van der Waals surface area contributed by atoms with Crippen LogP contribution < -0.4 is 4.90 Å². The molecule has 2 atom stereocenters. The van der Waals surface area contributed by atoms with Gasteiger partial charge < -0.3 is 4.90 Å². The first-order valence-electron chi connectivity index (χ1n) is 7.57. The predicted octanol–water partition coefficient (Wildman–Crippen LogP) is 5.45. The van der Waals surface area contributed by atoms with Crippen LogP contribution in [0.4, 0.5) is 11.4 Å². The second-order valence-electron chi connectivity index (χ2n) is 6.20. The van der Waals surface area contributed by atoms with Crippen molar-refractivity contribution in [2.24, 2.45) is 0 Å². The number of fused-ring (bicyclic) bond motifs is 1. The molecular weight excluding hydrogens is 242 g/mol. The highest BCUT2D eigenvalue weighted by Crippen LogP contribution is 2.44. The largest absolute Gasteiger partial charge is 0.338 e. The van der Waals surface area contributed by atoms with E-state index in [9.17, 15) is 0 Å². The lowest BCUT2D eigenvalue weighted by Gasteiger charge is -2.27. The van der Waals surface area contributed by atoms with E-state index in [0.717, 1.165) is 0 Å². The van der Waals surface area contributed by atoms with Gasteiger partial charge in [0.2, 0.25) is 0 Å². The van der Waals surface area contributed by atoms with Crippen molar-refractivity contribution in [2.45, 2.75) is 45.6 Å². The van der Waals surface area contributed by atoms with Crippen LogP contribution in [0.25, 0.3) is 0 Å². The van der Waals surface area contributed by atoms with Gasteiger partial charge in [0, 0.05) is 23.3 Å². The van der Waals surface area contributed by atoms with E-state index in [1.54, 1.807) is 0 Å². The third-order valence-corrected chi connectivity index (χ3v) is 4.66. The summed E-state index contributed by atoms with van der Waals surface area (Å²) in [5.74, 6) is 1.17. The van der Waals surface area contributed by atoms with Gasteiger partial charge >= 0.3 is 0 Å². The average molecular weight is 265 g/mol. The zero-order chi connectivity index (χ0) is 14.3.